The first-order valence-electron chi connectivity index (χ1n) is 11.9. The average molecular weight is 492 g/mol. The van der Waals surface area contributed by atoms with Crippen molar-refractivity contribution in [2.45, 2.75) is 24.5 Å². The zero-order valence-electron chi connectivity index (χ0n) is 20.4. The van der Waals surface area contributed by atoms with Gasteiger partial charge in [0.2, 0.25) is 0 Å². The molecule has 0 aliphatic carbocycles. The maximum absolute atomic E-state index is 12.0. The van der Waals surface area contributed by atoms with Crippen LogP contribution in [0.15, 0.2) is 53.4 Å². The molecule has 0 unspecified atom stereocenters. The number of carbonyl (C=O) groups excluding carboxylic acids is 1. The van der Waals surface area contributed by atoms with Gasteiger partial charge < -0.3 is 20.2 Å². The van der Waals surface area contributed by atoms with Gasteiger partial charge in [-0.25, -0.2) is 0 Å². The highest BCUT2D eigenvalue weighted by molar-refractivity contribution is 7.98. The summed E-state index contributed by atoms with van der Waals surface area (Å²) in [7, 11) is 0. The highest BCUT2D eigenvalue weighted by atomic mass is 32.2. The maximum Gasteiger partial charge on any atom is 0.150 e. The molecule has 2 heterocycles. The molecule has 0 amide bonds. The number of nitrogens with zero attached hydrogens (tertiary/aromatic N) is 1. The second kappa shape index (κ2) is 12.1. The number of thioether (sulfide) groups is 1. The molecule has 0 saturated carbocycles. The third-order valence-electron chi connectivity index (χ3n) is 6.09. The molecule has 1 aliphatic rings. The fraction of sp³-hybridized carbons (Fsp3) is 0.321. The molecule has 0 spiro atoms. The molecule has 4 rings (SSSR count). The Bertz CT molecular complexity index is 1180. The minimum atomic E-state index is 0.557. The SMILES string of the molecule is Cc1cc(C)c(/C=C(\C=O)c2cc(SCc3ccccc3OCCN3CCOCC3)ccc2N)[nH]1. The minimum absolute atomic E-state index is 0.557. The standard InChI is InChI=1S/C28H33N3O3S/c1-20-15-21(2)30-27(20)16-23(18-32)25-17-24(7-8-26(25)29)35-19-22-5-3-4-6-28(22)34-14-11-31-9-12-33-13-10-31/h3-8,15-18,30H,9-14,19,29H2,1-2H3/b23-16+. The molecule has 1 fully saturated rings. The lowest BCUT2D eigenvalue weighted by atomic mass is 10.0. The highest BCUT2D eigenvalue weighted by Gasteiger charge is 2.12. The number of carbonyl (C=O) groups is 1. The molecule has 2 aromatic carbocycles. The van der Waals surface area contributed by atoms with E-state index in [1.165, 1.54) is 0 Å². The lowest BCUT2D eigenvalue weighted by molar-refractivity contribution is -0.103. The van der Waals surface area contributed by atoms with E-state index in [1.807, 2.05) is 56.3 Å². The van der Waals surface area contributed by atoms with Crippen LogP contribution < -0.4 is 10.5 Å². The van der Waals surface area contributed by atoms with Crippen molar-refractivity contribution in [3.63, 3.8) is 0 Å². The predicted molar refractivity (Wildman–Crippen MR) is 144 cm³/mol. The number of benzene rings is 2. The van der Waals surface area contributed by atoms with E-state index in [1.54, 1.807) is 11.8 Å². The summed E-state index contributed by atoms with van der Waals surface area (Å²) in [6.07, 6.45) is 2.74. The number of nitrogen functional groups attached to an aromatic ring is 1. The topological polar surface area (TPSA) is 80.6 Å². The van der Waals surface area contributed by atoms with Gasteiger partial charge >= 0.3 is 0 Å². The van der Waals surface area contributed by atoms with Crippen LogP contribution in [0.5, 0.6) is 5.75 Å². The van der Waals surface area contributed by atoms with Crippen LogP contribution in [0.25, 0.3) is 11.6 Å². The number of para-hydroxylation sites is 1. The van der Waals surface area contributed by atoms with Crippen LogP contribution in [0, 0.1) is 13.8 Å². The molecular formula is C28H33N3O3S. The number of allylic oxidation sites excluding steroid dienone is 1. The van der Waals surface area contributed by atoms with Crippen molar-refractivity contribution in [2.24, 2.45) is 0 Å². The van der Waals surface area contributed by atoms with Gasteiger partial charge in [0.25, 0.3) is 0 Å². The largest absolute Gasteiger partial charge is 0.492 e. The Morgan fingerprint density at radius 3 is 2.71 bits per heavy atom. The summed E-state index contributed by atoms with van der Waals surface area (Å²) in [5.74, 6) is 1.67. The lowest BCUT2D eigenvalue weighted by Crippen LogP contribution is -2.38. The summed E-state index contributed by atoms with van der Waals surface area (Å²) in [6, 6.07) is 16.1. The third kappa shape index (κ3) is 6.78. The summed E-state index contributed by atoms with van der Waals surface area (Å²) in [4.78, 5) is 18.7. The second-order valence-corrected chi connectivity index (χ2v) is 9.76. The maximum atomic E-state index is 12.0. The Labute approximate surface area is 211 Å². The molecule has 0 bridgehead atoms. The Hall–Kier alpha value is -3.00. The molecule has 1 aliphatic heterocycles. The van der Waals surface area contributed by atoms with Crippen molar-refractivity contribution in [1.29, 1.82) is 0 Å². The van der Waals surface area contributed by atoms with E-state index in [2.05, 4.69) is 22.0 Å². The van der Waals surface area contributed by atoms with E-state index < -0.39 is 0 Å². The number of anilines is 1. The number of hydrogen-bond acceptors (Lipinski definition) is 6. The van der Waals surface area contributed by atoms with E-state index in [0.29, 0.717) is 17.9 Å². The Kier molecular flexibility index (Phi) is 8.69. The molecule has 7 heteroatoms. The fourth-order valence-corrected chi connectivity index (χ4v) is 5.07. The number of ether oxygens (including phenoxy) is 2. The van der Waals surface area contributed by atoms with Crippen molar-refractivity contribution in [3.8, 4) is 5.75 Å². The number of morpholine rings is 1. The number of aromatic amines is 1. The van der Waals surface area contributed by atoms with Crippen molar-refractivity contribution in [2.75, 3.05) is 45.2 Å². The number of H-pyrrole nitrogens is 1. The van der Waals surface area contributed by atoms with Crippen LogP contribution in [0.1, 0.15) is 28.1 Å². The first-order valence-corrected chi connectivity index (χ1v) is 12.9. The van der Waals surface area contributed by atoms with E-state index in [9.17, 15) is 4.79 Å². The summed E-state index contributed by atoms with van der Waals surface area (Å²) in [5.41, 5.74) is 12.4. The van der Waals surface area contributed by atoms with E-state index in [0.717, 1.165) is 83.6 Å². The lowest BCUT2D eigenvalue weighted by Gasteiger charge is -2.26. The van der Waals surface area contributed by atoms with Crippen molar-refractivity contribution >= 4 is 35.4 Å². The zero-order chi connectivity index (χ0) is 24.6. The van der Waals surface area contributed by atoms with Gasteiger partial charge in [0, 0.05) is 64.1 Å². The molecule has 0 atom stereocenters. The van der Waals surface area contributed by atoms with Gasteiger partial charge in [0.15, 0.2) is 6.29 Å². The van der Waals surface area contributed by atoms with Gasteiger partial charge in [-0.15, -0.1) is 11.8 Å². The predicted octanol–water partition coefficient (Wildman–Crippen LogP) is 4.96. The molecule has 0 radical (unpaired) electrons. The van der Waals surface area contributed by atoms with Crippen LogP contribution in [-0.2, 0) is 15.3 Å². The average Bonchev–Trinajstić information content (AvgIpc) is 3.19. The normalized spacial score (nSPS) is 14.7. The number of hydrogen-bond donors (Lipinski definition) is 2. The smallest absolute Gasteiger partial charge is 0.150 e. The van der Waals surface area contributed by atoms with Crippen molar-refractivity contribution < 1.29 is 14.3 Å². The molecule has 184 valence electrons. The molecule has 3 aromatic rings. The molecule has 1 aromatic heterocycles. The monoisotopic (exact) mass is 491 g/mol. The van der Waals surface area contributed by atoms with Crippen LogP contribution >= 0.6 is 11.8 Å². The number of rotatable bonds is 10. The van der Waals surface area contributed by atoms with Crippen LogP contribution in [0.2, 0.25) is 0 Å². The van der Waals surface area contributed by atoms with Crippen LogP contribution in [0.4, 0.5) is 5.69 Å². The van der Waals surface area contributed by atoms with E-state index >= 15 is 0 Å². The van der Waals surface area contributed by atoms with Gasteiger partial charge in [-0.3, -0.25) is 9.69 Å². The first-order chi connectivity index (χ1) is 17.0. The summed E-state index contributed by atoms with van der Waals surface area (Å²) >= 11 is 1.70. The number of nitrogens with two attached hydrogens (primary N) is 1. The van der Waals surface area contributed by atoms with Gasteiger partial charge in [-0.2, -0.15) is 0 Å². The second-order valence-electron chi connectivity index (χ2n) is 8.71. The first kappa shape index (κ1) is 25.1. The number of aldehydes is 1. The Morgan fingerprint density at radius 1 is 1.17 bits per heavy atom. The molecular weight excluding hydrogens is 458 g/mol. The Balaban J connectivity index is 1.44. The summed E-state index contributed by atoms with van der Waals surface area (Å²) in [5, 5.41) is 0. The number of aryl methyl sites for hydroxylation is 2. The number of nitrogens with one attached hydrogen (secondary N) is 1. The van der Waals surface area contributed by atoms with Crippen LogP contribution in [0.3, 0.4) is 0 Å². The zero-order valence-corrected chi connectivity index (χ0v) is 21.2. The Morgan fingerprint density at radius 2 is 1.97 bits per heavy atom. The van der Waals surface area contributed by atoms with Crippen LogP contribution in [-0.4, -0.2) is 55.6 Å². The van der Waals surface area contributed by atoms with Gasteiger partial charge in [0.1, 0.15) is 12.4 Å². The van der Waals surface area contributed by atoms with Crippen molar-refractivity contribution in [3.05, 3.63) is 76.6 Å². The fourth-order valence-electron chi connectivity index (χ4n) is 4.14. The van der Waals surface area contributed by atoms with Gasteiger partial charge in [0.05, 0.1) is 13.2 Å². The van der Waals surface area contributed by atoms with Gasteiger partial charge in [-0.1, -0.05) is 18.2 Å². The van der Waals surface area contributed by atoms with Crippen molar-refractivity contribution in [1.82, 2.24) is 9.88 Å². The van der Waals surface area contributed by atoms with E-state index in [-0.39, 0.29) is 0 Å². The molecule has 3 N–H and O–H groups in total. The molecule has 6 nitrogen and oxygen atoms in total. The van der Waals surface area contributed by atoms with Gasteiger partial charge in [-0.05, 0) is 55.8 Å². The molecule has 35 heavy (non-hydrogen) atoms. The molecule has 1 saturated heterocycles. The third-order valence-corrected chi connectivity index (χ3v) is 7.13. The van der Waals surface area contributed by atoms with E-state index in [4.69, 9.17) is 15.2 Å². The minimum Gasteiger partial charge on any atom is -0.492 e. The summed E-state index contributed by atoms with van der Waals surface area (Å²) in [6.45, 7) is 9.07. The number of aromatic nitrogens is 1. The summed E-state index contributed by atoms with van der Waals surface area (Å²) < 4.78 is 11.5. The highest BCUT2D eigenvalue weighted by Crippen LogP contribution is 2.32. The quantitative estimate of drug-likeness (QED) is 0.181.